The van der Waals surface area contributed by atoms with Crippen molar-refractivity contribution in [2.24, 2.45) is 5.92 Å². The highest BCUT2D eigenvalue weighted by molar-refractivity contribution is 5.97. The van der Waals surface area contributed by atoms with Crippen LogP contribution in [0, 0.1) is 23.4 Å². The molecule has 0 fully saturated rings. The summed E-state index contributed by atoms with van der Waals surface area (Å²) < 4.78 is 45.2. The summed E-state index contributed by atoms with van der Waals surface area (Å²) in [5, 5.41) is 4.98. The zero-order valence-corrected chi connectivity index (χ0v) is 14.3. The van der Waals surface area contributed by atoms with Crippen LogP contribution in [0.4, 0.5) is 13.2 Å². The molecule has 0 unspecified atom stereocenters. The van der Waals surface area contributed by atoms with Gasteiger partial charge in [-0.15, -0.1) is 0 Å². The van der Waals surface area contributed by atoms with Crippen molar-refractivity contribution >= 4 is 11.8 Å². The van der Waals surface area contributed by atoms with Gasteiger partial charge in [0.25, 0.3) is 5.91 Å². The van der Waals surface area contributed by atoms with Gasteiger partial charge < -0.3 is 15.1 Å². The lowest BCUT2D eigenvalue weighted by molar-refractivity contribution is -0.123. The van der Waals surface area contributed by atoms with Gasteiger partial charge in [-0.3, -0.25) is 9.59 Å². The molecule has 2 N–H and O–H groups in total. The maximum atomic E-state index is 13.8. The van der Waals surface area contributed by atoms with Crippen molar-refractivity contribution in [3.8, 4) is 0 Å². The summed E-state index contributed by atoms with van der Waals surface area (Å²) in [5.74, 6) is -5.65. The number of benzene rings is 1. The fourth-order valence-electron chi connectivity index (χ4n) is 2.35. The minimum atomic E-state index is -1.74. The Bertz CT molecular complexity index is 776. The molecule has 8 heteroatoms. The Labute approximate surface area is 148 Å². The molecule has 1 aromatic carbocycles. The number of carbonyl (C=O) groups is 2. The highest BCUT2D eigenvalue weighted by Gasteiger charge is 2.25. The molecule has 2 aromatic rings. The fraction of sp³-hybridized carbons (Fsp3) is 0.333. The summed E-state index contributed by atoms with van der Waals surface area (Å²) in [6.45, 7) is 3.81. The van der Waals surface area contributed by atoms with Crippen LogP contribution < -0.4 is 10.6 Å². The molecule has 2 rings (SSSR count). The van der Waals surface area contributed by atoms with Gasteiger partial charge in [0.1, 0.15) is 11.8 Å². The van der Waals surface area contributed by atoms with E-state index < -0.39 is 40.9 Å². The number of amides is 2. The highest BCUT2D eigenvalue weighted by atomic mass is 19.2. The molecule has 5 nitrogen and oxygen atoms in total. The Hall–Kier alpha value is -2.77. The minimum Gasteiger partial charge on any atom is -0.467 e. The van der Waals surface area contributed by atoms with E-state index >= 15 is 0 Å². The Morgan fingerprint density at radius 2 is 1.85 bits per heavy atom. The van der Waals surface area contributed by atoms with Crippen molar-refractivity contribution < 1.29 is 27.2 Å². The van der Waals surface area contributed by atoms with E-state index in [9.17, 15) is 22.8 Å². The molecular weight excluding hydrogens is 349 g/mol. The van der Waals surface area contributed by atoms with Crippen LogP contribution in [0.15, 0.2) is 34.9 Å². The lowest BCUT2D eigenvalue weighted by Crippen LogP contribution is -2.47. The quantitative estimate of drug-likeness (QED) is 0.738. The molecule has 1 aromatic heterocycles. The van der Waals surface area contributed by atoms with E-state index in [4.69, 9.17) is 4.42 Å². The van der Waals surface area contributed by atoms with Gasteiger partial charge >= 0.3 is 0 Å². The molecule has 0 radical (unpaired) electrons. The van der Waals surface area contributed by atoms with Gasteiger partial charge in [-0.2, -0.15) is 0 Å². The molecule has 0 aliphatic heterocycles. The van der Waals surface area contributed by atoms with Crippen LogP contribution in [0.2, 0.25) is 0 Å². The fourth-order valence-corrected chi connectivity index (χ4v) is 2.35. The van der Waals surface area contributed by atoms with E-state index in [0.29, 0.717) is 11.8 Å². The molecule has 2 amide bonds. The Kier molecular flexibility index (Phi) is 6.43. The largest absolute Gasteiger partial charge is 0.467 e. The van der Waals surface area contributed by atoms with Crippen LogP contribution in [0.5, 0.6) is 0 Å². The summed E-state index contributed by atoms with van der Waals surface area (Å²) >= 11 is 0. The van der Waals surface area contributed by atoms with Crippen LogP contribution in [-0.4, -0.2) is 17.9 Å². The second kappa shape index (κ2) is 8.55. The molecule has 140 valence electrons. The molecule has 0 aliphatic carbocycles. The lowest BCUT2D eigenvalue weighted by Gasteiger charge is -2.20. The first-order valence-electron chi connectivity index (χ1n) is 8.04. The van der Waals surface area contributed by atoms with Gasteiger partial charge in [0.2, 0.25) is 5.91 Å². The molecule has 0 saturated carbocycles. The summed E-state index contributed by atoms with van der Waals surface area (Å²) in [7, 11) is 0. The van der Waals surface area contributed by atoms with Crippen molar-refractivity contribution in [3.63, 3.8) is 0 Å². The smallest absolute Gasteiger partial charge is 0.255 e. The lowest BCUT2D eigenvalue weighted by atomic mass is 10.0. The zero-order valence-electron chi connectivity index (χ0n) is 14.3. The number of hydrogen-bond donors (Lipinski definition) is 2. The van der Waals surface area contributed by atoms with Gasteiger partial charge in [0.15, 0.2) is 17.5 Å². The molecule has 0 aliphatic rings. The standard InChI is InChI=1S/C18H19F3N2O3/c1-10(2)8-14(18(25)22-9-11-4-3-7-26-11)23-17(24)12-5-6-13(19)16(21)15(12)20/h3-7,10,14H,8-9H2,1-2H3,(H,22,25)(H,23,24)/t14-/m1/s1. The van der Waals surface area contributed by atoms with Crippen LogP contribution in [0.25, 0.3) is 0 Å². The molecule has 26 heavy (non-hydrogen) atoms. The monoisotopic (exact) mass is 368 g/mol. The van der Waals surface area contributed by atoms with E-state index in [1.54, 1.807) is 12.1 Å². The van der Waals surface area contributed by atoms with Gasteiger partial charge in [0, 0.05) is 0 Å². The van der Waals surface area contributed by atoms with Gasteiger partial charge in [0.05, 0.1) is 18.4 Å². The number of halogens is 3. The number of furan rings is 1. The van der Waals surface area contributed by atoms with E-state index in [2.05, 4.69) is 10.6 Å². The van der Waals surface area contributed by atoms with Crippen molar-refractivity contribution in [2.75, 3.05) is 0 Å². The predicted octanol–water partition coefficient (Wildman–Crippen LogP) is 3.16. The SMILES string of the molecule is CC(C)C[C@@H](NC(=O)c1ccc(F)c(F)c1F)C(=O)NCc1ccco1. The summed E-state index contributed by atoms with van der Waals surface area (Å²) in [6.07, 6.45) is 1.74. The third kappa shape index (κ3) is 4.87. The third-order valence-electron chi connectivity index (χ3n) is 3.63. The zero-order chi connectivity index (χ0) is 19.3. The minimum absolute atomic E-state index is 0.0458. The Morgan fingerprint density at radius 1 is 1.12 bits per heavy atom. The Morgan fingerprint density at radius 3 is 2.46 bits per heavy atom. The van der Waals surface area contributed by atoms with Gasteiger partial charge in [-0.05, 0) is 36.6 Å². The maximum absolute atomic E-state index is 13.8. The molecule has 0 saturated heterocycles. The van der Waals surface area contributed by atoms with Crippen LogP contribution in [0.3, 0.4) is 0 Å². The predicted molar refractivity (Wildman–Crippen MR) is 87.6 cm³/mol. The average molecular weight is 368 g/mol. The van der Waals surface area contributed by atoms with E-state index in [-0.39, 0.29) is 18.9 Å². The first-order valence-corrected chi connectivity index (χ1v) is 8.04. The molecule has 0 bridgehead atoms. The molecular formula is C18H19F3N2O3. The number of rotatable bonds is 7. The van der Waals surface area contributed by atoms with E-state index in [0.717, 1.165) is 6.07 Å². The van der Waals surface area contributed by atoms with Crippen molar-refractivity contribution in [1.82, 2.24) is 10.6 Å². The van der Waals surface area contributed by atoms with Crippen molar-refractivity contribution in [3.05, 3.63) is 59.3 Å². The summed E-state index contributed by atoms with van der Waals surface area (Å²) in [5.41, 5.74) is -0.670. The second-order valence-electron chi connectivity index (χ2n) is 6.18. The van der Waals surface area contributed by atoms with Crippen LogP contribution >= 0.6 is 0 Å². The number of hydrogen-bond acceptors (Lipinski definition) is 3. The van der Waals surface area contributed by atoms with Gasteiger partial charge in [-0.1, -0.05) is 13.8 Å². The molecule has 1 heterocycles. The summed E-state index contributed by atoms with van der Waals surface area (Å²) in [4.78, 5) is 24.6. The summed E-state index contributed by atoms with van der Waals surface area (Å²) in [6, 6.07) is 3.86. The Balaban J connectivity index is 2.10. The topological polar surface area (TPSA) is 71.3 Å². The highest BCUT2D eigenvalue weighted by Crippen LogP contribution is 2.16. The molecule has 0 spiro atoms. The maximum Gasteiger partial charge on any atom is 0.255 e. The van der Waals surface area contributed by atoms with Crippen LogP contribution in [0.1, 0.15) is 36.4 Å². The molecule has 1 atom stereocenters. The van der Waals surface area contributed by atoms with Crippen molar-refractivity contribution in [2.45, 2.75) is 32.9 Å². The number of nitrogens with one attached hydrogen (secondary N) is 2. The van der Waals surface area contributed by atoms with Crippen molar-refractivity contribution in [1.29, 1.82) is 0 Å². The first kappa shape index (κ1) is 19.6. The third-order valence-corrected chi connectivity index (χ3v) is 3.63. The first-order chi connectivity index (χ1) is 12.3. The van der Waals surface area contributed by atoms with E-state index in [1.807, 2.05) is 13.8 Å². The normalized spacial score (nSPS) is 12.1. The average Bonchev–Trinajstić information content (AvgIpc) is 3.10. The second-order valence-corrected chi connectivity index (χ2v) is 6.18. The van der Waals surface area contributed by atoms with E-state index in [1.165, 1.54) is 6.26 Å². The number of carbonyl (C=O) groups excluding carboxylic acids is 2. The van der Waals surface area contributed by atoms with Gasteiger partial charge in [-0.25, -0.2) is 13.2 Å². The van der Waals surface area contributed by atoms with Crippen LogP contribution in [-0.2, 0) is 11.3 Å².